The Morgan fingerprint density at radius 2 is 1.92 bits per heavy atom. The number of aliphatic hydroxyl groups is 1. The fraction of sp³-hybridized carbons (Fsp3) is 0.474. The molecule has 0 aliphatic rings. The Kier molecular flexibility index (Phi) is 6.58. The Labute approximate surface area is 148 Å². The van der Waals surface area contributed by atoms with Gasteiger partial charge < -0.3 is 19.6 Å². The number of aliphatic hydroxyl groups excluding tert-OH is 1. The van der Waals surface area contributed by atoms with Gasteiger partial charge in [-0.1, -0.05) is 26.7 Å². The van der Waals surface area contributed by atoms with Crippen molar-refractivity contribution in [3.63, 3.8) is 0 Å². The predicted molar refractivity (Wildman–Crippen MR) is 95.6 cm³/mol. The summed E-state index contributed by atoms with van der Waals surface area (Å²) in [5.41, 5.74) is 1.00. The molecule has 0 saturated heterocycles. The summed E-state index contributed by atoms with van der Waals surface area (Å²) in [4.78, 5) is 16.6. The SMILES string of the molecule is CCC(CC)C(O)CNC(=O)c1nc(-c2ccc(OC)cc2)oc1C. The normalized spacial score (nSPS) is 12.2. The van der Waals surface area contributed by atoms with Gasteiger partial charge >= 0.3 is 0 Å². The van der Waals surface area contributed by atoms with Crippen molar-refractivity contribution in [1.82, 2.24) is 10.3 Å². The van der Waals surface area contributed by atoms with Crippen molar-refractivity contribution < 1.29 is 19.1 Å². The first-order valence-corrected chi connectivity index (χ1v) is 8.58. The molecule has 2 rings (SSSR count). The molecule has 1 heterocycles. The molecule has 1 aromatic heterocycles. The van der Waals surface area contributed by atoms with Crippen molar-refractivity contribution in [2.75, 3.05) is 13.7 Å². The Morgan fingerprint density at radius 3 is 2.48 bits per heavy atom. The molecule has 1 unspecified atom stereocenters. The summed E-state index contributed by atoms with van der Waals surface area (Å²) >= 11 is 0. The van der Waals surface area contributed by atoms with Crippen LogP contribution >= 0.6 is 0 Å². The molecule has 1 amide bonds. The number of hydrogen-bond donors (Lipinski definition) is 2. The van der Waals surface area contributed by atoms with Gasteiger partial charge in [0, 0.05) is 12.1 Å². The Bertz CT molecular complexity index is 690. The van der Waals surface area contributed by atoms with Gasteiger partial charge in [-0.05, 0) is 37.1 Å². The highest BCUT2D eigenvalue weighted by Crippen LogP contribution is 2.24. The fourth-order valence-corrected chi connectivity index (χ4v) is 2.74. The number of nitrogens with one attached hydrogen (secondary N) is 1. The van der Waals surface area contributed by atoms with Crippen LogP contribution in [-0.4, -0.2) is 35.8 Å². The highest BCUT2D eigenvalue weighted by atomic mass is 16.5. The molecule has 0 radical (unpaired) electrons. The Morgan fingerprint density at radius 1 is 1.28 bits per heavy atom. The maximum absolute atomic E-state index is 12.3. The van der Waals surface area contributed by atoms with E-state index in [4.69, 9.17) is 9.15 Å². The van der Waals surface area contributed by atoms with E-state index in [0.717, 1.165) is 24.2 Å². The minimum Gasteiger partial charge on any atom is -0.497 e. The number of aromatic nitrogens is 1. The minimum atomic E-state index is -0.563. The van der Waals surface area contributed by atoms with Gasteiger partial charge in [0.05, 0.1) is 13.2 Å². The van der Waals surface area contributed by atoms with Gasteiger partial charge in [-0.15, -0.1) is 0 Å². The molecule has 0 spiro atoms. The third kappa shape index (κ3) is 4.60. The molecule has 6 nitrogen and oxygen atoms in total. The Hall–Kier alpha value is -2.34. The quantitative estimate of drug-likeness (QED) is 0.767. The van der Waals surface area contributed by atoms with E-state index < -0.39 is 6.10 Å². The van der Waals surface area contributed by atoms with Gasteiger partial charge in [-0.2, -0.15) is 0 Å². The molecule has 25 heavy (non-hydrogen) atoms. The van der Waals surface area contributed by atoms with Crippen molar-refractivity contribution >= 4 is 5.91 Å². The first-order valence-electron chi connectivity index (χ1n) is 8.58. The molecule has 6 heteroatoms. The lowest BCUT2D eigenvalue weighted by atomic mass is 9.96. The third-order valence-electron chi connectivity index (χ3n) is 4.41. The maximum Gasteiger partial charge on any atom is 0.273 e. The van der Waals surface area contributed by atoms with Gasteiger partial charge in [0.1, 0.15) is 11.5 Å². The summed E-state index contributed by atoms with van der Waals surface area (Å²) in [6.45, 7) is 5.96. The zero-order valence-electron chi connectivity index (χ0n) is 15.2. The van der Waals surface area contributed by atoms with Gasteiger partial charge in [0.25, 0.3) is 5.91 Å². The highest BCUT2D eigenvalue weighted by Gasteiger charge is 2.21. The van der Waals surface area contributed by atoms with Gasteiger partial charge in [0.15, 0.2) is 5.69 Å². The van der Waals surface area contributed by atoms with E-state index >= 15 is 0 Å². The van der Waals surface area contributed by atoms with Crippen LogP contribution in [0.5, 0.6) is 5.75 Å². The lowest BCUT2D eigenvalue weighted by molar-refractivity contribution is 0.0812. The van der Waals surface area contributed by atoms with E-state index in [2.05, 4.69) is 10.3 Å². The predicted octanol–water partition coefficient (Wildman–Crippen LogP) is 3.19. The Balaban J connectivity index is 2.06. The zero-order chi connectivity index (χ0) is 18.4. The first-order chi connectivity index (χ1) is 12.0. The zero-order valence-corrected chi connectivity index (χ0v) is 15.2. The number of rotatable bonds is 8. The van der Waals surface area contributed by atoms with Crippen LogP contribution in [0.1, 0.15) is 42.9 Å². The van der Waals surface area contributed by atoms with Gasteiger partial charge in [-0.25, -0.2) is 4.98 Å². The number of amides is 1. The first kappa shape index (κ1) is 19.0. The van der Waals surface area contributed by atoms with Gasteiger partial charge in [-0.3, -0.25) is 4.79 Å². The summed E-state index contributed by atoms with van der Waals surface area (Å²) in [6, 6.07) is 7.26. The number of ether oxygens (including phenoxy) is 1. The molecule has 1 atom stereocenters. The lowest BCUT2D eigenvalue weighted by Gasteiger charge is -2.20. The van der Waals surface area contributed by atoms with E-state index in [1.165, 1.54) is 0 Å². The number of carbonyl (C=O) groups excluding carboxylic acids is 1. The summed E-state index contributed by atoms with van der Waals surface area (Å²) in [7, 11) is 1.60. The van der Waals surface area contributed by atoms with Crippen LogP contribution in [0.2, 0.25) is 0 Å². The van der Waals surface area contributed by atoms with Crippen molar-refractivity contribution in [3.8, 4) is 17.2 Å². The molecule has 0 fully saturated rings. The molecule has 1 aromatic carbocycles. The van der Waals surface area contributed by atoms with Crippen molar-refractivity contribution in [3.05, 3.63) is 35.7 Å². The van der Waals surface area contributed by atoms with Crippen molar-refractivity contribution in [2.24, 2.45) is 5.92 Å². The highest BCUT2D eigenvalue weighted by molar-refractivity contribution is 5.93. The fourth-order valence-electron chi connectivity index (χ4n) is 2.74. The summed E-state index contributed by atoms with van der Waals surface area (Å²) in [6.07, 6.45) is 1.18. The molecular weight excluding hydrogens is 320 g/mol. The average molecular weight is 346 g/mol. The summed E-state index contributed by atoms with van der Waals surface area (Å²) < 4.78 is 10.7. The smallest absolute Gasteiger partial charge is 0.273 e. The maximum atomic E-state index is 12.3. The number of nitrogens with zero attached hydrogens (tertiary/aromatic N) is 1. The number of methoxy groups -OCH3 is 1. The van der Waals surface area contributed by atoms with Crippen LogP contribution in [0.3, 0.4) is 0 Å². The molecule has 2 aromatic rings. The van der Waals surface area contributed by atoms with E-state index in [9.17, 15) is 9.90 Å². The third-order valence-corrected chi connectivity index (χ3v) is 4.41. The second-order valence-electron chi connectivity index (χ2n) is 6.01. The van der Waals surface area contributed by atoms with Gasteiger partial charge in [0.2, 0.25) is 5.89 Å². The van der Waals surface area contributed by atoms with Crippen molar-refractivity contribution in [2.45, 2.75) is 39.7 Å². The summed E-state index contributed by atoms with van der Waals surface area (Å²) in [5.74, 6) is 1.39. The molecule has 0 aliphatic heterocycles. The van der Waals surface area contributed by atoms with Crippen molar-refractivity contribution in [1.29, 1.82) is 0 Å². The lowest BCUT2D eigenvalue weighted by Crippen LogP contribution is -2.36. The van der Waals surface area contributed by atoms with E-state index in [0.29, 0.717) is 11.7 Å². The van der Waals surface area contributed by atoms with Crippen LogP contribution < -0.4 is 10.1 Å². The second-order valence-corrected chi connectivity index (χ2v) is 6.01. The molecule has 0 bridgehead atoms. The van der Waals surface area contributed by atoms with Crippen LogP contribution in [-0.2, 0) is 0 Å². The number of carbonyl (C=O) groups is 1. The molecule has 2 N–H and O–H groups in total. The van der Waals surface area contributed by atoms with Crippen LogP contribution in [0.4, 0.5) is 0 Å². The van der Waals surface area contributed by atoms with Crippen LogP contribution in [0.15, 0.2) is 28.7 Å². The number of hydrogen-bond acceptors (Lipinski definition) is 5. The minimum absolute atomic E-state index is 0.175. The molecule has 0 aliphatic carbocycles. The van der Waals surface area contributed by atoms with E-state index in [1.54, 1.807) is 26.2 Å². The largest absolute Gasteiger partial charge is 0.497 e. The van der Waals surface area contributed by atoms with E-state index in [-0.39, 0.29) is 24.1 Å². The average Bonchev–Trinajstić information content (AvgIpc) is 3.02. The molecular formula is C19H26N2O4. The monoisotopic (exact) mass is 346 g/mol. The number of benzene rings is 1. The summed E-state index contributed by atoms with van der Waals surface area (Å²) in [5, 5.41) is 12.9. The van der Waals surface area contributed by atoms with Crippen LogP contribution in [0, 0.1) is 12.8 Å². The molecule has 0 saturated carbocycles. The number of oxazole rings is 1. The second kappa shape index (κ2) is 8.67. The van der Waals surface area contributed by atoms with E-state index in [1.807, 2.05) is 26.0 Å². The number of aryl methyl sites for hydroxylation is 1. The topological polar surface area (TPSA) is 84.6 Å². The molecule has 136 valence electrons. The van der Waals surface area contributed by atoms with Crippen LogP contribution in [0.25, 0.3) is 11.5 Å². The standard InChI is InChI=1S/C19H26N2O4/c1-5-13(6-2)16(22)11-20-18(23)17-12(3)25-19(21-17)14-7-9-15(24-4)10-8-14/h7-10,13,16,22H,5-6,11H2,1-4H3,(H,20,23).